The first kappa shape index (κ1) is 31.3. The Kier molecular flexibility index (Phi) is 26.8. The molecule has 0 saturated heterocycles. The van der Waals surface area contributed by atoms with Crippen LogP contribution in [0.2, 0.25) is 0 Å². The fourth-order valence-corrected chi connectivity index (χ4v) is 3.88. The van der Waals surface area contributed by atoms with Crippen molar-refractivity contribution in [3.63, 3.8) is 0 Å². The molecule has 5 heteroatoms. The predicted octanol–water partition coefficient (Wildman–Crippen LogP) is 9.09. The SMILES string of the molecule is CCCCCC(CC/C=C/CCBr)OCOCOC(CC/C=C/CCBr)CCCCC. The Bertz CT molecular complexity index is 366. The fourth-order valence-electron chi connectivity index (χ4n) is 3.35. The molecule has 0 saturated carbocycles. The van der Waals surface area contributed by atoms with Gasteiger partial charge in [-0.3, -0.25) is 0 Å². The smallest absolute Gasteiger partial charge is 0.149 e. The molecule has 0 spiro atoms. The number of rotatable bonds is 24. The van der Waals surface area contributed by atoms with Crippen LogP contribution in [0.5, 0.6) is 0 Å². The summed E-state index contributed by atoms with van der Waals surface area (Å²) in [5, 5.41) is 2.06. The van der Waals surface area contributed by atoms with Gasteiger partial charge in [0.2, 0.25) is 0 Å². The maximum Gasteiger partial charge on any atom is 0.149 e. The molecule has 0 aliphatic heterocycles. The Morgan fingerprint density at radius 2 is 1.00 bits per heavy atom. The number of hydrogen-bond acceptors (Lipinski definition) is 3. The molecule has 0 bridgehead atoms. The van der Waals surface area contributed by atoms with Crippen molar-refractivity contribution in [2.75, 3.05) is 24.2 Å². The Morgan fingerprint density at radius 1 is 0.581 bits per heavy atom. The van der Waals surface area contributed by atoms with E-state index in [1.165, 1.54) is 38.5 Å². The number of alkyl halides is 2. The van der Waals surface area contributed by atoms with Gasteiger partial charge >= 0.3 is 0 Å². The summed E-state index contributed by atoms with van der Waals surface area (Å²) in [5.41, 5.74) is 0. The summed E-state index contributed by atoms with van der Waals surface area (Å²) in [4.78, 5) is 0. The number of ether oxygens (including phenoxy) is 3. The molecule has 2 atom stereocenters. The van der Waals surface area contributed by atoms with E-state index in [9.17, 15) is 0 Å². The summed E-state index contributed by atoms with van der Waals surface area (Å²) in [6, 6.07) is 0. The lowest BCUT2D eigenvalue weighted by Gasteiger charge is -2.19. The Labute approximate surface area is 210 Å². The van der Waals surface area contributed by atoms with E-state index in [0.717, 1.165) is 62.0 Å². The lowest BCUT2D eigenvalue weighted by atomic mass is 10.1. The van der Waals surface area contributed by atoms with E-state index < -0.39 is 0 Å². The van der Waals surface area contributed by atoms with Crippen LogP contribution in [-0.2, 0) is 14.2 Å². The summed E-state index contributed by atoms with van der Waals surface area (Å²) in [7, 11) is 0. The minimum absolute atomic E-state index is 0.278. The number of unbranched alkanes of at least 4 members (excludes halogenated alkanes) is 4. The van der Waals surface area contributed by atoms with Crippen molar-refractivity contribution in [1.82, 2.24) is 0 Å². The molecule has 0 radical (unpaired) electrons. The Balaban J connectivity index is 4.17. The topological polar surface area (TPSA) is 27.7 Å². The first-order chi connectivity index (χ1) is 15.3. The van der Waals surface area contributed by atoms with Gasteiger partial charge in [-0.1, -0.05) is 109 Å². The molecule has 0 aromatic heterocycles. The van der Waals surface area contributed by atoms with Gasteiger partial charge in [-0.25, -0.2) is 0 Å². The van der Waals surface area contributed by atoms with Crippen molar-refractivity contribution in [3.8, 4) is 0 Å². The molecule has 0 aliphatic carbocycles. The van der Waals surface area contributed by atoms with Crippen molar-refractivity contribution in [1.29, 1.82) is 0 Å². The number of allylic oxidation sites excluding steroid dienone is 4. The third-order valence-corrected chi connectivity index (χ3v) is 6.14. The fraction of sp³-hybridized carbons (Fsp3) is 0.846. The van der Waals surface area contributed by atoms with Gasteiger partial charge in [0, 0.05) is 10.7 Å². The normalized spacial score (nSPS) is 14.1. The lowest BCUT2D eigenvalue weighted by Crippen LogP contribution is -2.19. The second-order valence-electron chi connectivity index (χ2n) is 8.06. The van der Waals surface area contributed by atoms with Crippen LogP contribution < -0.4 is 0 Å². The highest BCUT2D eigenvalue weighted by atomic mass is 79.9. The Morgan fingerprint density at radius 3 is 1.39 bits per heavy atom. The van der Waals surface area contributed by atoms with E-state index >= 15 is 0 Å². The van der Waals surface area contributed by atoms with Crippen LogP contribution in [0, 0.1) is 0 Å². The van der Waals surface area contributed by atoms with Gasteiger partial charge in [-0.2, -0.15) is 0 Å². The molecule has 31 heavy (non-hydrogen) atoms. The van der Waals surface area contributed by atoms with Gasteiger partial charge in [0.05, 0.1) is 12.2 Å². The molecule has 2 unspecified atom stereocenters. The Hall–Kier alpha value is 0.320. The highest BCUT2D eigenvalue weighted by Gasteiger charge is 2.10. The van der Waals surface area contributed by atoms with Crippen LogP contribution in [-0.4, -0.2) is 36.5 Å². The van der Waals surface area contributed by atoms with Crippen molar-refractivity contribution in [3.05, 3.63) is 24.3 Å². The van der Waals surface area contributed by atoms with Crippen LogP contribution in [0.4, 0.5) is 0 Å². The van der Waals surface area contributed by atoms with Gasteiger partial charge < -0.3 is 14.2 Å². The van der Waals surface area contributed by atoms with Gasteiger partial charge in [-0.15, -0.1) is 0 Å². The van der Waals surface area contributed by atoms with Crippen LogP contribution in [0.1, 0.15) is 104 Å². The van der Waals surface area contributed by atoms with Gasteiger partial charge in [0.1, 0.15) is 13.6 Å². The second kappa shape index (κ2) is 26.6. The second-order valence-corrected chi connectivity index (χ2v) is 9.65. The van der Waals surface area contributed by atoms with Gasteiger partial charge in [0.25, 0.3) is 0 Å². The largest absolute Gasteiger partial charge is 0.352 e. The maximum atomic E-state index is 6.04. The number of hydrogen-bond donors (Lipinski definition) is 0. The summed E-state index contributed by atoms with van der Waals surface area (Å²) < 4.78 is 17.8. The molecule has 0 fully saturated rings. The third kappa shape index (κ3) is 23.3. The monoisotopic (exact) mass is 566 g/mol. The standard InChI is InChI=1S/C26H48Br2O3/c1-3-5-11-17-25(19-13-7-9-15-21-27)30-23-29-24-31-26(18-12-6-4-2)20-14-8-10-16-22-28/h7-10,25-26H,3-6,11-24H2,1-2H3/b9-7+,10-8+. The molecule has 0 aromatic rings. The lowest BCUT2D eigenvalue weighted by molar-refractivity contribution is -0.167. The van der Waals surface area contributed by atoms with Crippen molar-refractivity contribution < 1.29 is 14.2 Å². The average Bonchev–Trinajstić information content (AvgIpc) is 2.77. The first-order valence-electron chi connectivity index (χ1n) is 12.5. The third-order valence-electron chi connectivity index (χ3n) is 5.23. The van der Waals surface area contributed by atoms with E-state index in [0.29, 0.717) is 13.6 Å². The minimum Gasteiger partial charge on any atom is -0.352 e. The van der Waals surface area contributed by atoms with Crippen molar-refractivity contribution in [2.45, 2.75) is 116 Å². The summed E-state index contributed by atoms with van der Waals surface area (Å²) in [5.74, 6) is 0. The molecule has 0 N–H and O–H groups in total. The minimum atomic E-state index is 0.278. The van der Waals surface area contributed by atoms with E-state index in [1.54, 1.807) is 0 Å². The molecule has 3 nitrogen and oxygen atoms in total. The van der Waals surface area contributed by atoms with E-state index in [4.69, 9.17) is 14.2 Å². The van der Waals surface area contributed by atoms with Crippen LogP contribution >= 0.6 is 31.9 Å². The average molecular weight is 568 g/mol. The highest BCUT2D eigenvalue weighted by Crippen LogP contribution is 2.15. The zero-order valence-electron chi connectivity index (χ0n) is 20.2. The van der Waals surface area contributed by atoms with Crippen molar-refractivity contribution in [2.24, 2.45) is 0 Å². The zero-order chi connectivity index (χ0) is 22.8. The molecule has 0 aromatic carbocycles. The molecule has 0 heterocycles. The van der Waals surface area contributed by atoms with Crippen LogP contribution in [0.15, 0.2) is 24.3 Å². The zero-order valence-corrected chi connectivity index (χ0v) is 23.3. The van der Waals surface area contributed by atoms with Gasteiger partial charge in [-0.05, 0) is 51.4 Å². The quantitative estimate of drug-likeness (QED) is 0.0503. The molecule has 184 valence electrons. The maximum absolute atomic E-state index is 6.04. The predicted molar refractivity (Wildman–Crippen MR) is 142 cm³/mol. The first-order valence-corrected chi connectivity index (χ1v) is 14.8. The summed E-state index contributed by atoms with van der Waals surface area (Å²) in [6.07, 6.45) is 25.8. The number of halogens is 2. The molecule has 0 rings (SSSR count). The summed E-state index contributed by atoms with van der Waals surface area (Å²) in [6.45, 7) is 5.14. The molecular weight excluding hydrogens is 520 g/mol. The van der Waals surface area contributed by atoms with E-state index in [-0.39, 0.29) is 12.2 Å². The van der Waals surface area contributed by atoms with E-state index in [1.807, 2.05) is 0 Å². The molecule has 0 aliphatic rings. The van der Waals surface area contributed by atoms with Gasteiger partial charge in [0.15, 0.2) is 0 Å². The van der Waals surface area contributed by atoms with Crippen LogP contribution in [0.25, 0.3) is 0 Å². The molecular formula is C26H48Br2O3. The molecule has 0 amide bonds. The van der Waals surface area contributed by atoms with Crippen LogP contribution in [0.3, 0.4) is 0 Å². The highest BCUT2D eigenvalue weighted by molar-refractivity contribution is 9.09. The van der Waals surface area contributed by atoms with E-state index in [2.05, 4.69) is 70.0 Å². The summed E-state index contributed by atoms with van der Waals surface area (Å²) >= 11 is 6.93. The van der Waals surface area contributed by atoms with Crippen molar-refractivity contribution >= 4 is 31.9 Å².